The van der Waals surface area contributed by atoms with Crippen molar-refractivity contribution in [2.75, 3.05) is 12.3 Å². The number of benzene rings is 2. The molecule has 0 spiro atoms. The van der Waals surface area contributed by atoms with Crippen molar-refractivity contribution in [2.45, 2.75) is 13.5 Å². The molecule has 1 heterocycles. The van der Waals surface area contributed by atoms with Crippen molar-refractivity contribution in [1.29, 1.82) is 0 Å². The normalized spacial score (nSPS) is 10.6. The second-order valence-electron chi connectivity index (χ2n) is 6.69. The highest BCUT2D eigenvalue weighted by Crippen LogP contribution is 2.41. The van der Waals surface area contributed by atoms with Crippen molar-refractivity contribution in [1.82, 2.24) is 4.98 Å². The summed E-state index contributed by atoms with van der Waals surface area (Å²) in [5.41, 5.74) is 3.37. The lowest BCUT2D eigenvalue weighted by Gasteiger charge is -2.18. The van der Waals surface area contributed by atoms with Crippen LogP contribution in [-0.2, 0) is 6.61 Å². The molecule has 0 saturated carbocycles. The molecule has 0 unspecified atom stereocenters. The van der Waals surface area contributed by atoms with E-state index >= 15 is 0 Å². The number of nitrogen functional groups attached to an aromatic ring is 1. The SMILES string of the molecule is CCOc1cc(-c2c(C(=O)O)c(N)[nH]c(=O)c2C(=O)O)c(Cl)cc1OCc1ccccc1Cl. The zero-order chi connectivity index (χ0) is 24.3. The zero-order valence-electron chi connectivity index (χ0n) is 17.1. The number of hydrogen-bond acceptors (Lipinski definition) is 6. The van der Waals surface area contributed by atoms with Gasteiger partial charge in [0.05, 0.1) is 11.6 Å². The fourth-order valence-corrected chi connectivity index (χ4v) is 3.63. The van der Waals surface area contributed by atoms with Gasteiger partial charge in [-0.25, -0.2) is 9.59 Å². The molecule has 0 radical (unpaired) electrons. The van der Waals surface area contributed by atoms with Crippen molar-refractivity contribution in [3.05, 3.63) is 73.5 Å². The van der Waals surface area contributed by atoms with Crippen LogP contribution in [-0.4, -0.2) is 33.7 Å². The van der Waals surface area contributed by atoms with Gasteiger partial charge in [-0.2, -0.15) is 0 Å². The summed E-state index contributed by atoms with van der Waals surface area (Å²) in [6, 6.07) is 9.70. The summed E-state index contributed by atoms with van der Waals surface area (Å²) in [5.74, 6) is -3.36. The molecular weight excluding hydrogens is 475 g/mol. The molecule has 0 atom stereocenters. The number of H-pyrrole nitrogens is 1. The summed E-state index contributed by atoms with van der Waals surface area (Å²) in [4.78, 5) is 38.0. The first-order valence-corrected chi connectivity index (χ1v) is 10.3. The highest BCUT2D eigenvalue weighted by molar-refractivity contribution is 6.34. The lowest BCUT2D eigenvalue weighted by molar-refractivity contribution is 0.0695. The Morgan fingerprint density at radius 1 is 1.00 bits per heavy atom. The number of halogens is 2. The van der Waals surface area contributed by atoms with Crippen molar-refractivity contribution in [3.63, 3.8) is 0 Å². The monoisotopic (exact) mass is 492 g/mol. The fraction of sp³-hybridized carbons (Fsp3) is 0.136. The molecule has 0 amide bonds. The average Bonchev–Trinajstić information content (AvgIpc) is 2.73. The number of carboxylic acid groups (broad SMARTS) is 2. The first-order chi connectivity index (χ1) is 15.6. The molecule has 172 valence electrons. The maximum atomic E-state index is 12.3. The second kappa shape index (κ2) is 9.85. The van der Waals surface area contributed by atoms with E-state index in [1.165, 1.54) is 12.1 Å². The van der Waals surface area contributed by atoms with Crippen molar-refractivity contribution in [3.8, 4) is 22.6 Å². The van der Waals surface area contributed by atoms with Gasteiger partial charge in [-0.3, -0.25) is 4.79 Å². The number of aromatic amines is 1. The van der Waals surface area contributed by atoms with Gasteiger partial charge in [-0.1, -0.05) is 41.4 Å². The van der Waals surface area contributed by atoms with Gasteiger partial charge in [-0.05, 0) is 19.1 Å². The molecule has 11 heteroatoms. The number of anilines is 1. The number of nitrogens with two attached hydrogens (primary N) is 1. The maximum Gasteiger partial charge on any atom is 0.342 e. The van der Waals surface area contributed by atoms with E-state index in [0.29, 0.717) is 10.6 Å². The zero-order valence-corrected chi connectivity index (χ0v) is 18.7. The molecule has 2 aromatic carbocycles. The van der Waals surface area contributed by atoms with E-state index in [1.54, 1.807) is 31.2 Å². The number of pyridine rings is 1. The topological polar surface area (TPSA) is 152 Å². The van der Waals surface area contributed by atoms with Crippen molar-refractivity contribution in [2.24, 2.45) is 0 Å². The lowest BCUT2D eigenvalue weighted by Crippen LogP contribution is -2.24. The maximum absolute atomic E-state index is 12.3. The lowest BCUT2D eigenvalue weighted by atomic mass is 9.95. The van der Waals surface area contributed by atoms with E-state index in [4.69, 9.17) is 38.4 Å². The molecule has 0 aliphatic heterocycles. The Morgan fingerprint density at radius 3 is 2.24 bits per heavy atom. The number of aromatic nitrogens is 1. The van der Waals surface area contributed by atoms with Gasteiger partial charge in [0.1, 0.15) is 23.6 Å². The molecule has 5 N–H and O–H groups in total. The minimum absolute atomic E-state index is 0.0715. The fourth-order valence-electron chi connectivity index (χ4n) is 3.19. The summed E-state index contributed by atoms with van der Waals surface area (Å²) >= 11 is 12.6. The Hall–Kier alpha value is -3.69. The van der Waals surface area contributed by atoms with Crippen LogP contribution in [0.4, 0.5) is 5.82 Å². The molecule has 9 nitrogen and oxygen atoms in total. The number of nitrogens with one attached hydrogen (secondary N) is 1. The van der Waals surface area contributed by atoms with Crippen LogP contribution < -0.4 is 20.8 Å². The van der Waals surface area contributed by atoms with Gasteiger partial charge in [0.25, 0.3) is 5.56 Å². The van der Waals surface area contributed by atoms with E-state index in [2.05, 4.69) is 0 Å². The third-order valence-corrected chi connectivity index (χ3v) is 5.30. The van der Waals surface area contributed by atoms with E-state index in [9.17, 15) is 24.6 Å². The van der Waals surface area contributed by atoms with E-state index < -0.39 is 40.0 Å². The quantitative estimate of drug-likeness (QED) is 0.362. The van der Waals surface area contributed by atoms with Crippen LogP contribution >= 0.6 is 23.2 Å². The molecule has 33 heavy (non-hydrogen) atoms. The van der Waals surface area contributed by atoms with Crippen LogP contribution in [0, 0.1) is 0 Å². The summed E-state index contributed by atoms with van der Waals surface area (Å²) < 4.78 is 11.4. The van der Waals surface area contributed by atoms with Crippen molar-refractivity contribution >= 4 is 41.0 Å². The van der Waals surface area contributed by atoms with E-state index in [0.717, 1.165) is 0 Å². The number of hydrogen-bond donors (Lipinski definition) is 4. The molecule has 1 aromatic heterocycles. The Kier molecular flexibility index (Phi) is 7.15. The van der Waals surface area contributed by atoms with Gasteiger partial charge in [-0.15, -0.1) is 0 Å². The number of aromatic carboxylic acids is 2. The van der Waals surface area contributed by atoms with Crippen LogP contribution in [0.2, 0.25) is 10.0 Å². The third-order valence-electron chi connectivity index (χ3n) is 4.62. The molecule has 3 rings (SSSR count). The van der Waals surface area contributed by atoms with Crippen molar-refractivity contribution < 1.29 is 29.3 Å². The predicted octanol–water partition coefficient (Wildman–Crippen LogP) is 4.31. The Balaban J connectivity index is 2.20. The molecule has 0 saturated heterocycles. The molecule has 3 aromatic rings. The van der Waals surface area contributed by atoms with Gasteiger partial charge < -0.3 is 30.4 Å². The number of rotatable bonds is 8. The molecular formula is C22H18Cl2N2O7. The van der Waals surface area contributed by atoms with Crippen LogP contribution in [0.3, 0.4) is 0 Å². The minimum atomic E-state index is -1.65. The Morgan fingerprint density at radius 2 is 1.64 bits per heavy atom. The van der Waals surface area contributed by atoms with Crippen LogP contribution in [0.15, 0.2) is 41.2 Å². The largest absolute Gasteiger partial charge is 0.490 e. The number of carbonyl (C=O) groups is 2. The van der Waals surface area contributed by atoms with E-state index in [1.807, 2.05) is 4.98 Å². The Labute approximate surface area is 197 Å². The van der Waals surface area contributed by atoms with Gasteiger partial charge >= 0.3 is 11.9 Å². The summed E-state index contributed by atoms with van der Waals surface area (Å²) in [6.45, 7) is 2.00. The summed E-state index contributed by atoms with van der Waals surface area (Å²) in [6.07, 6.45) is 0. The average molecular weight is 493 g/mol. The van der Waals surface area contributed by atoms with Gasteiger partial charge in [0.2, 0.25) is 0 Å². The van der Waals surface area contributed by atoms with Gasteiger partial charge in [0.15, 0.2) is 11.5 Å². The molecule has 0 aliphatic rings. The van der Waals surface area contributed by atoms with Gasteiger partial charge in [0, 0.05) is 27.8 Å². The first kappa shape index (κ1) is 24.0. The molecule has 0 aliphatic carbocycles. The highest BCUT2D eigenvalue weighted by atomic mass is 35.5. The number of ether oxygens (including phenoxy) is 2. The standard InChI is InChI=1S/C22H18Cl2N2O7/c1-2-32-14-7-11(13(24)8-15(14)33-9-10-5-3-4-6-12(10)23)16-17(21(28)29)19(25)26-20(27)18(16)22(30)31/h3-8H,2,9H2,1H3,(H,28,29)(H,30,31)(H3,25,26,27). The molecule has 0 bridgehead atoms. The molecule has 0 fully saturated rings. The first-order valence-electron chi connectivity index (χ1n) is 9.50. The van der Waals surface area contributed by atoms with Crippen LogP contribution in [0.1, 0.15) is 33.2 Å². The minimum Gasteiger partial charge on any atom is -0.490 e. The predicted molar refractivity (Wildman–Crippen MR) is 123 cm³/mol. The number of carboxylic acids is 2. The smallest absolute Gasteiger partial charge is 0.342 e. The third kappa shape index (κ3) is 4.89. The van der Waals surface area contributed by atoms with Crippen LogP contribution in [0.5, 0.6) is 11.5 Å². The Bertz CT molecular complexity index is 1300. The summed E-state index contributed by atoms with van der Waals surface area (Å²) in [7, 11) is 0. The van der Waals surface area contributed by atoms with Crippen LogP contribution in [0.25, 0.3) is 11.1 Å². The van der Waals surface area contributed by atoms with E-state index in [-0.39, 0.29) is 35.3 Å². The summed E-state index contributed by atoms with van der Waals surface area (Å²) in [5, 5.41) is 19.7. The second-order valence-corrected chi connectivity index (χ2v) is 7.51. The highest BCUT2D eigenvalue weighted by Gasteiger charge is 2.29.